The molecular weight excluding hydrogens is 292 g/mol. The molecule has 23 heavy (non-hydrogen) atoms. The lowest BCUT2D eigenvalue weighted by Gasteiger charge is -2.53. The van der Waals surface area contributed by atoms with Crippen molar-refractivity contribution in [2.45, 2.75) is 32.1 Å². The second kappa shape index (κ2) is 5.60. The molecule has 3 aliphatic heterocycles. The van der Waals surface area contributed by atoms with Gasteiger partial charge >= 0.3 is 0 Å². The van der Waals surface area contributed by atoms with Gasteiger partial charge in [0.05, 0.1) is 11.9 Å². The molecule has 6 nitrogen and oxygen atoms in total. The Morgan fingerprint density at radius 2 is 1.74 bits per heavy atom. The first-order valence-corrected chi connectivity index (χ1v) is 8.44. The predicted molar refractivity (Wildman–Crippen MR) is 87.3 cm³/mol. The van der Waals surface area contributed by atoms with Crippen molar-refractivity contribution in [1.29, 1.82) is 0 Å². The largest absolute Gasteiger partial charge is 0.355 e. The Balaban J connectivity index is 1.44. The third kappa shape index (κ3) is 2.61. The number of anilines is 2. The standard InChI is InChI=1S/C17H22N4O2/c22-15-2-1-3-16(23)21(15)13-4-5-14(19-10-13)20-11-17(12-20)6-8-18-9-7-17/h4-5,10,18H,1-3,6-9,11-12H2. The molecule has 6 heteroatoms. The predicted octanol–water partition coefficient (Wildman–Crippen LogP) is 1.31. The van der Waals surface area contributed by atoms with Gasteiger partial charge < -0.3 is 10.2 Å². The molecular formula is C17H22N4O2. The van der Waals surface area contributed by atoms with Gasteiger partial charge in [-0.15, -0.1) is 0 Å². The van der Waals surface area contributed by atoms with E-state index in [0.717, 1.165) is 32.0 Å². The highest BCUT2D eigenvalue weighted by Crippen LogP contribution is 2.40. The van der Waals surface area contributed by atoms with E-state index < -0.39 is 0 Å². The molecule has 3 aliphatic rings. The Bertz CT molecular complexity index is 598. The van der Waals surface area contributed by atoms with Gasteiger partial charge in [-0.2, -0.15) is 0 Å². The summed E-state index contributed by atoms with van der Waals surface area (Å²) >= 11 is 0. The molecule has 3 saturated heterocycles. The van der Waals surface area contributed by atoms with Crippen LogP contribution in [0, 0.1) is 5.41 Å². The number of hydrogen-bond acceptors (Lipinski definition) is 5. The second-order valence-corrected chi connectivity index (χ2v) is 6.96. The highest BCUT2D eigenvalue weighted by atomic mass is 16.2. The van der Waals surface area contributed by atoms with Gasteiger partial charge in [0, 0.05) is 31.3 Å². The van der Waals surface area contributed by atoms with Gasteiger partial charge in [0.1, 0.15) is 5.82 Å². The summed E-state index contributed by atoms with van der Waals surface area (Å²) in [5, 5.41) is 3.41. The third-order valence-corrected chi connectivity index (χ3v) is 5.31. The van der Waals surface area contributed by atoms with Gasteiger partial charge in [0.2, 0.25) is 11.8 Å². The van der Waals surface area contributed by atoms with Crippen molar-refractivity contribution in [3.63, 3.8) is 0 Å². The van der Waals surface area contributed by atoms with Crippen LogP contribution in [-0.4, -0.2) is 43.0 Å². The van der Waals surface area contributed by atoms with Crippen molar-refractivity contribution in [3.05, 3.63) is 18.3 Å². The minimum Gasteiger partial charge on any atom is -0.355 e. The molecule has 4 heterocycles. The van der Waals surface area contributed by atoms with E-state index in [0.29, 0.717) is 30.4 Å². The van der Waals surface area contributed by atoms with E-state index in [4.69, 9.17) is 0 Å². The molecule has 3 fully saturated rings. The van der Waals surface area contributed by atoms with Crippen molar-refractivity contribution < 1.29 is 9.59 Å². The van der Waals surface area contributed by atoms with Gasteiger partial charge in [-0.05, 0) is 44.5 Å². The lowest BCUT2D eigenvalue weighted by atomic mass is 9.72. The number of rotatable bonds is 2. The highest BCUT2D eigenvalue weighted by molar-refractivity contribution is 6.16. The van der Waals surface area contributed by atoms with Crippen LogP contribution in [0.1, 0.15) is 32.1 Å². The first-order chi connectivity index (χ1) is 11.2. The fraction of sp³-hybridized carbons (Fsp3) is 0.588. The van der Waals surface area contributed by atoms with Gasteiger partial charge in [-0.1, -0.05) is 0 Å². The minimum atomic E-state index is -0.117. The Kier molecular flexibility index (Phi) is 3.56. The zero-order chi connectivity index (χ0) is 15.9. The zero-order valence-corrected chi connectivity index (χ0v) is 13.3. The fourth-order valence-corrected chi connectivity index (χ4v) is 3.94. The highest BCUT2D eigenvalue weighted by Gasteiger charge is 2.43. The number of carbonyl (C=O) groups is 2. The average molecular weight is 314 g/mol. The zero-order valence-electron chi connectivity index (χ0n) is 13.3. The van der Waals surface area contributed by atoms with Crippen LogP contribution < -0.4 is 15.1 Å². The molecule has 0 unspecified atom stereocenters. The summed E-state index contributed by atoms with van der Waals surface area (Å²) < 4.78 is 0. The quantitative estimate of drug-likeness (QED) is 0.834. The van der Waals surface area contributed by atoms with Crippen molar-refractivity contribution >= 4 is 23.3 Å². The van der Waals surface area contributed by atoms with Crippen LogP contribution >= 0.6 is 0 Å². The minimum absolute atomic E-state index is 0.117. The molecule has 1 N–H and O–H groups in total. The molecule has 1 spiro atoms. The molecule has 1 aromatic heterocycles. The summed E-state index contributed by atoms with van der Waals surface area (Å²) in [7, 11) is 0. The molecule has 0 bridgehead atoms. The Morgan fingerprint density at radius 1 is 1.04 bits per heavy atom. The molecule has 0 saturated carbocycles. The van der Waals surface area contributed by atoms with Crippen molar-refractivity contribution in [2.75, 3.05) is 36.0 Å². The van der Waals surface area contributed by atoms with Gasteiger partial charge in [-0.25, -0.2) is 9.88 Å². The molecule has 122 valence electrons. The van der Waals surface area contributed by atoms with Crippen LogP contribution in [0.5, 0.6) is 0 Å². The van der Waals surface area contributed by atoms with Crippen LogP contribution in [0.15, 0.2) is 18.3 Å². The van der Waals surface area contributed by atoms with E-state index in [-0.39, 0.29) is 11.8 Å². The maximum atomic E-state index is 12.0. The molecule has 0 aliphatic carbocycles. The average Bonchev–Trinajstić information content (AvgIpc) is 2.54. The van der Waals surface area contributed by atoms with Crippen LogP contribution in [0.4, 0.5) is 11.5 Å². The maximum absolute atomic E-state index is 12.0. The van der Waals surface area contributed by atoms with Crippen molar-refractivity contribution in [2.24, 2.45) is 5.41 Å². The Morgan fingerprint density at radius 3 is 2.35 bits per heavy atom. The molecule has 0 atom stereocenters. The number of hydrogen-bond donors (Lipinski definition) is 1. The fourth-order valence-electron chi connectivity index (χ4n) is 3.94. The number of imide groups is 1. The van der Waals surface area contributed by atoms with Crippen molar-refractivity contribution in [3.8, 4) is 0 Å². The van der Waals surface area contributed by atoms with Gasteiger partial charge in [0.15, 0.2) is 0 Å². The van der Waals surface area contributed by atoms with E-state index in [1.54, 1.807) is 6.20 Å². The monoisotopic (exact) mass is 314 g/mol. The normalized spacial score (nSPS) is 24.0. The SMILES string of the molecule is O=C1CCCC(=O)N1c1ccc(N2CC3(CCNCC3)C2)nc1. The van der Waals surface area contributed by atoms with Crippen LogP contribution in [-0.2, 0) is 9.59 Å². The topological polar surface area (TPSA) is 65.5 Å². The molecule has 0 radical (unpaired) electrons. The summed E-state index contributed by atoms with van der Waals surface area (Å²) in [5.41, 5.74) is 1.06. The first kappa shape index (κ1) is 14.6. The van der Waals surface area contributed by atoms with E-state index in [1.807, 2.05) is 12.1 Å². The smallest absolute Gasteiger partial charge is 0.233 e. The molecule has 2 amide bonds. The maximum Gasteiger partial charge on any atom is 0.233 e. The number of carbonyl (C=O) groups excluding carboxylic acids is 2. The van der Waals surface area contributed by atoms with E-state index in [1.165, 1.54) is 17.7 Å². The molecule has 1 aromatic rings. The van der Waals surface area contributed by atoms with Crippen LogP contribution in [0.2, 0.25) is 0 Å². The molecule has 4 rings (SSSR count). The van der Waals surface area contributed by atoms with E-state index >= 15 is 0 Å². The molecule has 0 aromatic carbocycles. The number of nitrogens with zero attached hydrogens (tertiary/aromatic N) is 3. The summed E-state index contributed by atoms with van der Waals surface area (Å²) in [5.74, 6) is 0.705. The number of amides is 2. The third-order valence-electron chi connectivity index (χ3n) is 5.31. The van der Waals surface area contributed by atoms with Gasteiger partial charge in [-0.3, -0.25) is 9.59 Å². The van der Waals surface area contributed by atoms with Crippen molar-refractivity contribution in [1.82, 2.24) is 10.3 Å². The van der Waals surface area contributed by atoms with Gasteiger partial charge in [0.25, 0.3) is 0 Å². The van der Waals surface area contributed by atoms with E-state index in [9.17, 15) is 9.59 Å². The number of nitrogens with one attached hydrogen (secondary N) is 1. The summed E-state index contributed by atoms with van der Waals surface area (Å²) in [4.78, 5) is 32.0. The first-order valence-electron chi connectivity index (χ1n) is 8.44. The van der Waals surface area contributed by atoms with E-state index in [2.05, 4.69) is 15.2 Å². The number of aromatic nitrogens is 1. The lowest BCUT2D eigenvalue weighted by molar-refractivity contribution is -0.129. The summed E-state index contributed by atoms with van der Waals surface area (Å²) in [6.07, 6.45) is 5.66. The number of piperidine rings is 2. The Labute approximate surface area is 135 Å². The lowest BCUT2D eigenvalue weighted by Crippen LogP contribution is -2.60. The second-order valence-electron chi connectivity index (χ2n) is 6.96. The summed E-state index contributed by atoms with van der Waals surface area (Å²) in [6.45, 7) is 4.34. The van der Waals surface area contributed by atoms with Crippen LogP contribution in [0.3, 0.4) is 0 Å². The van der Waals surface area contributed by atoms with Crippen LogP contribution in [0.25, 0.3) is 0 Å². The Hall–Kier alpha value is -1.95. The number of pyridine rings is 1. The summed E-state index contributed by atoms with van der Waals surface area (Å²) in [6, 6.07) is 3.77.